The molecule has 0 spiro atoms. The monoisotopic (exact) mass is 571 g/mol. The van der Waals surface area contributed by atoms with Crippen LogP contribution in [0.3, 0.4) is 0 Å². The second-order valence-corrected chi connectivity index (χ2v) is 10.2. The fraction of sp³-hybridized carbons (Fsp3) is 0.188. The molecule has 0 aliphatic carbocycles. The first-order valence-electron chi connectivity index (χ1n) is 12.9. The third-order valence-corrected chi connectivity index (χ3v) is 6.87. The Labute approximate surface area is 243 Å². The lowest BCUT2D eigenvalue weighted by atomic mass is 9.97. The van der Waals surface area contributed by atoms with Crippen molar-refractivity contribution in [1.82, 2.24) is 9.47 Å². The van der Waals surface area contributed by atoms with Crippen LogP contribution >= 0.6 is 11.6 Å². The van der Waals surface area contributed by atoms with Gasteiger partial charge in [0.25, 0.3) is 11.5 Å². The second-order valence-electron chi connectivity index (χ2n) is 9.72. The van der Waals surface area contributed by atoms with E-state index < -0.39 is 17.5 Å². The van der Waals surface area contributed by atoms with Gasteiger partial charge in [0.1, 0.15) is 11.8 Å². The number of anilines is 1. The number of ketones is 1. The summed E-state index contributed by atoms with van der Waals surface area (Å²) < 4.78 is 6.97. The SMILES string of the molecule is COc1cn(C(Cc2ccccc2)C(=O)Nc2ccc(C(=O)N(C)C)cc2)c(=O)cc1-c1cc(Cl)ccc1C(C)=O. The average Bonchev–Trinajstić information content (AvgIpc) is 2.96. The molecule has 9 heteroatoms. The number of rotatable bonds is 9. The number of hydrogen-bond acceptors (Lipinski definition) is 5. The molecule has 0 aliphatic rings. The summed E-state index contributed by atoms with van der Waals surface area (Å²) in [5.74, 6) is -0.477. The molecule has 2 amide bonds. The van der Waals surface area contributed by atoms with Crippen LogP contribution in [0.5, 0.6) is 5.75 Å². The highest BCUT2D eigenvalue weighted by molar-refractivity contribution is 6.31. The van der Waals surface area contributed by atoms with Crippen LogP contribution in [0.15, 0.2) is 89.9 Å². The van der Waals surface area contributed by atoms with Gasteiger partial charge in [0.2, 0.25) is 5.91 Å². The Morgan fingerprint density at radius 2 is 1.63 bits per heavy atom. The fourth-order valence-electron chi connectivity index (χ4n) is 4.53. The Kier molecular flexibility index (Phi) is 9.04. The summed E-state index contributed by atoms with van der Waals surface area (Å²) in [6.07, 6.45) is 1.71. The molecule has 4 aromatic rings. The van der Waals surface area contributed by atoms with E-state index in [2.05, 4.69) is 5.32 Å². The van der Waals surface area contributed by atoms with E-state index in [1.807, 2.05) is 30.3 Å². The van der Waals surface area contributed by atoms with Gasteiger partial charge in [-0.25, -0.2) is 0 Å². The minimum atomic E-state index is -0.942. The number of aromatic nitrogens is 1. The number of amides is 2. The van der Waals surface area contributed by atoms with Gasteiger partial charge in [0.15, 0.2) is 5.78 Å². The van der Waals surface area contributed by atoms with E-state index >= 15 is 0 Å². The normalized spacial score (nSPS) is 11.4. The first-order valence-corrected chi connectivity index (χ1v) is 13.2. The highest BCUT2D eigenvalue weighted by Gasteiger charge is 2.25. The van der Waals surface area contributed by atoms with Gasteiger partial charge in [-0.05, 0) is 60.5 Å². The Bertz CT molecular complexity index is 1650. The Morgan fingerprint density at radius 1 is 0.951 bits per heavy atom. The maximum absolute atomic E-state index is 13.7. The lowest BCUT2D eigenvalue weighted by Gasteiger charge is -2.22. The number of methoxy groups -OCH3 is 1. The number of pyridine rings is 1. The van der Waals surface area contributed by atoms with Crippen molar-refractivity contribution < 1.29 is 19.1 Å². The van der Waals surface area contributed by atoms with Crippen molar-refractivity contribution in [2.24, 2.45) is 0 Å². The predicted molar refractivity (Wildman–Crippen MR) is 160 cm³/mol. The molecule has 0 aliphatic heterocycles. The maximum atomic E-state index is 13.7. The Balaban J connectivity index is 1.76. The van der Waals surface area contributed by atoms with E-state index in [0.29, 0.717) is 38.7 Å². The molecule has 0 fully saturated rings. The van der Waals surface area contributed by atoms with Crippen molar-refractivity contribution in [1.29, 1.82) is 0 Å². The molecule has 1 N–H and O–H groups in total. The van der Waals surface area contributed by atoms with E-state index in [-0.39, 0.29) is 18.1 Å². The molecule has 3 aromatic carbocycles. The van der Waals surface area contributed by atoms with E-state index in [1.165, 1.54) is 35.8 Å². The molecule has 4 rings (SSSR count). The fourth-order valence-corrected chi connectivity index (χ4v) is 4.70. The van der Waals surface area contributed by atoms with Crippen LogP contribution in [-0.4, -0.2) is 48.3 Å². The zero-order valence-electron chi connectivity index (χ0n) is 23.2. The van der Waals surface area contributed by atoms with Gasteiger partial charge in [-0.2, -0.15) is 0 Å². The van der Waals surface area contributed by atoms with E-state index in [4.69, 9.17) is 16.3 Å². The van der Waals surface area contributed by atoms with Crippen LogP contribution in [0, 0.1) is 0 Å². The predicted octanol–water partition coefficient (Wildman–Crippen LogP) is 5.50. The molecule has 1 atom stereocenters. The molecule has 210 valence electrons. The molecule has 8 nitrogen and oxygen atoms in total. The summed E-state index contributed by atoms with van der Waals surface area (Å²) in [6.45, 7) is 1.43. The van der Waals surface area contributed by atoms with Crippen LogP contribution in [0.1, 0.15) is 39.2 Å². The van der Waals surface area contributed by atoms with Gasteiger partial charge in [0.05, 0.1) is 13.3 Å². The molecule has 0 saturated carbocycles. The maximum Gasteiger partial charge on any atom is 0.253 e. The second kappa shape index (κ2) is 12.7. The van der Waals surface area contributed by atoms with Crippen molar-refractivity contribution >= 4 is 34.9 Å². The number of nitrogens with one attached hydrogen (secondary N) is 1. The topological polar surface area (TPSA) is 97.7 Å². The van der Waals surface area contributed by atoms with E-state index in [0.717, 1.165) is 5.56 Å². The minimum Gasteiger partial charge on any atom is -0.495 e. The van der Waals surface area contributed by atoms with Gasteiger partial charge in [-0.15, -0.1) is 0 Å². The van der Waals surface area contributed by atoms with Crippen LogP contribution < -0.4 is 15.6 Å². The molecular weight excluding hydrogens is 542 g/mol. The quantitative estimate of drug-likeness (QED) is 0.267. The van der Waals surface area contributed by atoms with Crippen molar-refractivity contribution in [2.45, 2.75) is 19.4 Å². The summed E-state index contributed by atoms with van der Waals surface area (Å²) in [5.41, 5.74) is 2.59. The lowest BCUT2D eigenvalue weighted by molar-refractivity contribution is -0.119. The Morgan fingerprint density at radius 3 is 2.24 bits per heavy atom. The largest absolute Gasteiger partial charge is 0.495 e. The summed E-state index contributed by atoms with van der Waals surface area (Å²) in [6, 6.07) is 21.1. The molecule has 0 radical (unpaired) electrons. The van der Waals surface area contributed by atoms with Crippen LogP contribution in [0.4, 0.5) is 5.69 Å². The molecular formula is C32H30ClN3O5. The number of carbonyl (C=O) groups is 3. The van der Waals surface area contributed by atoms with Crippen LogP contribution in [0.25, 0.3) is 11.1 Å². The van der Waals surface area contributed by atoms with Gasteiger partial charge >= 0.3 is 0 Å². The lowest BCUT2D eigenvalue weighted by Crippen LogP contribution is -2.34. The number of hydrogen-bond donors (Lipinski definition) is 1. The smallest absolute Gasteiger partial charge is 0.253 e. The summed E-state index contributed by atoms with van der Waals surface area (Å²) in [5, 5.41) is 3.27. The summed E-state index contributed by atoms with van der Waals surface area (Å²) >= 11 is 6.23. The number of halogens is 1. The van der Waals surface area contributed by atoms with Crippen LogP contribution in [0.2, 0.25) is 5.02 Å². The third kappa shape index (κ3) is 6.73. The first kappa shape index (κ1) is 29.3. The van der Waals surface area contributed by atoms with Gasteiger partial charge < -0.3 is 15.0 Å². The van der Waals surface area contributed by atoms with Gasteiger partial charge in [-0.3, -0.25) is 23.7 Å². The standard InChI is InChI=1S/C32H30ClN3O5/c1-20(37)25-15-12-23(33)17-26(25)27-18-30(38)36(19-29(27)41-4)28(16-21-8-6-5-7-9-21)31(39)34-24-13-10-22(11-14-24)32(40)35(2)3/h5-15,17-19,28H,16H2,1-4H3,(H,34,39). The van der Waals surface area contributed by atoms with Crippen LogP contribution in [-0.2, 0) is 11.2 Å². The van der Waals surface area contributed by atoms with Crippen molar-refractivity contribution in [3.8, 4) is 16.9 Å². The molecule has 0 bridgehead atoms. The number of Topliss-reactive ketones (excluding diaryl/α,β-unsaturated/α-hetero) is 1. The number of carbonyl (C=O) groups excluding carboxylic acids is 3. The van der Waals surface area contributed by atoms with Gasteiger partial charge in [0, 0.05) is 54.0 Å². The minimum absolute atomic E-state index is 0.156. The molecule has 1 aromatic heterocycles. The zero-order valence-corrected chi connectivity index (χ0v) is 23.9. The highest BCUT2D eigenvalue weighted by atomic mass is 35.5. The summed E-state index contributed by atoms with van der Waals surface area (Å²) in [7, 11) is 4.78. The highest BCUT2D eigenvalue weighted by Crippen LogP contribution is 2.34. The summed E-state index contributed by atoms with van der Waals surface area (Å²) in [4.78, 5) is 53.3. The first-order chi connectivity index (χ1) is 19.6. The zero-order chi connectivity index (χ0) is 29.7. The Hall–Kier alpha value is -4.69. The van der Waals surface area contributed by atoms with Crippen molar-refractivity contribution in [2.75, 3.05) is 26.5 Å². The molecule has 41 heavy (non-hydrogen) atoms. The number of ether oxygens (including phenoxy) is 1. The third-order valence-electron chi connectivity index (χ3n) is 6.63. The van der Waals surface area contributed by atoms with Gasteiger partial charge in [-0.1, -0.05) is 41.9 Å². The van der Waals surface area contributed by atoms with Crippen molar-refractivity contribution in [3.63, 3.8) is 0 Å². The van der Waals surface area contributed by atoms with E-state index in [1.54, 1.807) is 56.6 Å². The average molecular weight is 572 g/mol. The number of benzene rings is 3. The molecule has 0 saturated heterocycles. The van der Waals surface area contributed by atoms with E-state index in [9.17, 15) is 19.2 Å². The number of nitrogens with zero attached hydrogens (tertiary/aromatic N) is 2. The molecule has 1 unspecified atom stereocenters. The van der Waals surface area contributed by atoms with Crippen molar-refractivity contribution in [3.05, 3.63) is 117 Å². The molecule has 1 heterocycles.